The van der Waals surface area contributed by atoms with Gasteiger partial charge in [0.05, 0.1) is 17.7 Å². The van der Waals surface area contributed by atoms with Crippen molar-refractivity contribution in [1.82, 2.24) is 9.97 Å². The van der Waals surface area contributed by atoms with Gasteiger partial charge in [0.2, 0.25) is 0 Å². The van der Waals surface area contributed by atoms with E-state index in [1.165, 1.54) is 11.3 Å². The molecule has 0 aliphatic carbocycles. The Labute approximate surface area is 108 Å². The molecule has 0 saturated carbocycles. The van der Waals surface area contributed by atoms with Crippen LogP contribution in [0.15, 0.2) is 24.5 Å². The number of anilines is 1. The van der Waals surface area contributed by atoms with Gasteiger partial charge in [0.25, 0.3) is 5.91 Å². The number of aromatic nitrogens is 2. The van der Waals surface area contributed by atoms with Crippen LogP contribution in [-0.2, 0) is 0 Å². The Hall–Kier alpha value is -2.10. The number of hydrogen-bond donors (Lipinski definition) is 3. The summed E-state index contributed by atoms with van der Waals surface area (Å²) in [5, 5.41) is 11.8. The number of rotatable bonds is 3. The fourth-order valence-corrected chi connectivity index (χ4v) is 1.92. The van der Waals surface area contributed by atoms with Gasteiger partial charge in [-0.2, -0.15) is 0 Å². The van der Waals surface area contributed by atoms with E-state index in [1.807, 2.05) is 0 Å². The molecule has 0 fully saturated rings. The largest absolute Gasteiger partial charge is 0.395 e. The summed E-state index contributed by atoms with van der Waals surface area (Å²) in [5.41, 5.74) is 0.484. The predicted octanol–water partition coefficient (Wildman–Crippen LogP) is 1.46. The highest BCUT2D eigenvalue weighted by Crippen LogP contribution is 2.17. The summed E-state index contributed by atoms with van der Waals surface area (Å²) in [6.45, 7) is 0.0439. The third kappa shape index (κ3) is 3.20. The lowest BCUT2D eigenvalue weighted by atomic mass is 10.4. The third-order valence-electron chi connectivity index (χ3n) is 2.02. The molecule has 0 radical (unpaired) electrons. The number of carbonyl (C=O) groups is 1. The number of aliphatic hydroxyl groups is 1. The van der Waals surface area contributed by atoms with Crippen LogP contribution < -0.4 is 5.32 Å². The van der Waals surface area contributed by atoms with E-state index in [9.17, 15) is 4.79 Å². The van der Waals surface area contributed by atoms with Crippen molar-refractivity contribution in [2.45, 2.75) is 6.42 Å². The first kappa shape index (κ1) is 12.4. The molecule has 5 nitrogen and oxygen atoms in total. The lowest BCUT2D eigenvalue weighted by Gasteiger charge is -1.97. The molecule has 3 N–H and O–H groups in total. The average molecular weight is 261 g/mol. The van der Waals surface area contributed by atoms with Crippen LogP contribution in [-0.4, -0.2) is 27.6 Å². The molecule has 18 heavy (non-hydrogen) atoms. The summed E-state index contributed by atoms with van der Waals surface area (Å²) in [7, 11) is 0. The lowest BCUT2D eigenvalue weighted by Crippen LogP contribution is -2.11. The van der Waals surface area contributed by atoms with Crippen LogP contribution in [0.2, 0.25) is 0 Å². The predicted molar refractivity (Wildman–Crippen MR) is 69.4 cm³/mol. The van der Waals surface area contributed by atoms with Crippen LogP contribution in [0.1, 0.15) is 21.8 Å². The van der Waals surface area contributed by atoms with Gasteiger partial charge in [-0.15, -0.1) is 0 Å². The molecule has 0 spiro atoms. The molecule has 0 aromatic carbocycles. The Morgan fingerprint density at radius 3 is 3.22 bits per heavy atom. The van der Waals surface area contributed by atoms with Crippen LogP contribution in [0.25, 0.3) is 0 Å². The van der Waals surface area contributed by atoms with Crippen molar-refractivity contribution < 1.29 is 9.90 Å². The van der Waals surface area contributed by atoms with E-state index in [1.54, 1.807) is 24.5 Å². The SMILES string of the molecule is O=C(Nc1ncc(C#CCCO)s1)c1ccc[nH]1. The van der Waals surface area contributed by atoms with Crippen molar-refractivity contribution in [3.05, 3.63) is 35.1 Å². The number of nitrogens with zero attached hydrogens (tertiary/aromatic N) is 1. The van der Waals surface area contributed by atoms with E-state index in [-0.39, 0.29) is 12.5 Å². The minimum Gasteiger partial charge on any atom is -0.395 e. The molecule has 92 valence electrons. The Kier molecular flexibility index (Phi) is 4.12. The third-order valence-corrected chi connectivity index (χ3v) is 2.85. The standard InChI is InChI=1S/C12H11N3O2S/c16-7-2-1-4-9-8-14-12(18-9)15-11(17)10-5-3-6-13-10/h3,5-6,8,13,16H,2,7H2,(H,14,15,17). The Morgan fingerprint density at radius 1 is 1.61 bits per heavy atom. The number of aliphatic hydroxyl groups excluding tert-OH is 1. The van der Waals surface area contributed by atoms with E-state index >= 15 is 0 Å². The molecule has 2 rings (SSSR count). The molecular formula is C12H11N3O2S. The fraction of sp³-hybridized carbons (Fsp3) is 0.167. The minimum atomic E-state index is -0.232. The molecule has 6 heteroatoms. The fourth-order valence-electron chi connectivity index (χ4n) is 1.23. The normalized spacial score (nSPS) is 9.61. The minimum absolute atomic E-state index is 0.0439. The van der Waals surface area contributed by atoms with Crippen LogP contribution in [0.5, 0.6) is 0 Å². The Balaban J connectivity index is 1.99. The first-order valence-corrected chi connectivity index (χ1v) is 6.11. The zero-order chi connectivity index (χ0) is 12.8. The summed E-state index contributed by atoms with van der Waals surface area (Å²) in [5.74, 6) is 5.43. The van der Waals surface area contributed by atoms with Crippen LogP contribution in [0.4, 0.5) is 5.13 Å². The molecule has 2 heterocycles. The molecule has 0 unspecified atom stereocenters. The van der Waals surface area contributed by atoms with Gasteiger partial charge < -0.3 is 10.1 Å². The number of H-pyrrole nitrogens is 1. The topological polar surface area (TPSA) is 78.0 Å². The molecule has 0 aliphatic rings. The second kappa shape index (κ2) is 6.00. The second-order valence-corrected chi connectivity index (χ2v) is 4.37. The molecule has 2 aromatic rings. The maximum atomic E-state index is 11.7. The number of carbonyl (C=O) groups excluding carboxylic acids is 1. The highest BCUT2D eigenvalue weighted by molar-refractivity contribution is 7.16. The quantitative estimate of drug-likeness (QED) is 0.732. The molecular weight excluding hydrogens is 250 g/mol. The van der Waals surface area contributed by atoms with Gasteiger partial charge in [0.15, 0.2) is 5.13 Å². The van der Waals surface area contributed by atoms with Crippen molar-refractivity contribution in [3.63, 3.8) is 0 Å². The molecule has 0 bridgehead atoms. The van der Waals surface area contributed by atoms with Crippen LogP contribution in [0, 0.1) is 11.8 Å². The van der Waals surface area contributed by atoms with Crippen molar-refractivity contribution in [2.24, 2.45) is 0 Å². The summed E-state index contributed by atoms with van der Waals surface area (Å²) in [4.78, 5) is 19.3. The lowest BCUT2D eigenvalue weighted by molar-refractivity contribution is 0.102. The molecule has 2 aromatic heterocycles. The monoisotopic (exact) mass is 261 g/mol. The summed E-state index contributed by atoms with van der Waals surface area (Å²) in [6.07, 6.45) is 3.71. The Morgan fingerprint density at radius 2 is 2.50 bits per heavy atom. The van der Waals surface area contributed by atoms with Crippen molar-refractivity contribution in [3.8, 4) is 11.8 Å². The smallest absolute Gasteiger partial charge is 0.273 e. The summed E-state index contributed by atoms with van der Waals surface area (Å²) in [6, 6.07) is 3.44. The zero-order valence-electron chi connectivity index (χ0n) is 9.43. The first-order chi connectivity index (χ1) is 8.79. The molecule has 0 aliphatic heterocycles. The van der Waals surface area contributed by atoms with Crippen molar-refractivity contribution >= 4 is 22.4 Å². The van der Waals surface area contributed by atoms with E-state index < -0.39 is 0 Å². The molecule has 1 amide bonds. The van der Waals surface area contributed by atoms with Gasteiger partial charge in [-0.3, -0.25) is 10.1 Å². The van der Waals surface area contributed by atoms with Gasteiger partial charge in [-0.1, -0.05) is 23.2 Å². The number of thiazole rings is 1. The van der Waals surface area contributed by atoms with Crippen molar-refractivity contribution in [2.75, 3.05) is 11.9 Å². The molecule has 0 saturated heterocycles. The van der Waals surface area contributed by atoms with E-state index in [4.69, 9.17) is 5.11 Å². The number of amides is 1. The summed E-state index contributed by atoms with van der Waals surface area (Å²) < 4.78 is 0. The van der Waals surface area contributed by atoms with Gasteiger partial charge in [-0.25, -0.2) is 4.98 Å². The van der Waals surface area contributed by atoms with E-state index in [0.29, 0.717) is 17.2 Å². The van der Waals surface area contributed by atoms with E-state index in [0.717, 1.165) is 4.88 Å². The highest BCUT2D eigenvalue weighted by Gasteiger charge is 2.08. The molecule has 0 atom stereocenters. The number of aromatic amines is 1. The van der Waals surface area contributed by atoms with Crippen molar-refractivity contribution in [1.29, 1.82) is 0 Å². The zero-order valence-corrected chi connectivity index (χ0v) is 10.3. The Bertz CT molecular complexity index is 578. The number of hydrogen-bond acceptors (Lipinski definition) is 4. The first-order valence-electron chi connectivity index (χ1n) is 5.30. The van der Waals surface area contributed by atoms with Gasteiger partial charge >= 0.3 is 0 Å². The van der Waals surface area contributed by atoms with Crippen LogP contribution in [0.3, 0.4) is 0 Å². The summed E-state index contributed by atoms with van der Waals surface area (Å²) >= 11 is 1.30. The van der Waals surface area contributed by atoms with Gasteiger partial charge in [0.1, 0.15) is 5.69 Å². The van der Waals surface area contributed by atoms with E-state index in [2.05, 4.69) is 27.1 Å². The highest BCUT2D eigenvalue weighted by atomic mass is 32.1. The number of nitrogens with one attached hydrogen (secondary N) is 2. The average Bonchev–Trinajstić information content (AvgIpc) is 3.00. The second-order valence-electron chi connectivity index (χ2n) is 3.34. The maximum absolute atomic E-state index is 11.7. The van der Waals surface area contributed by atoms with Gasteiger partial charge in [0, 0.05) is 12.6 Å². The van der Waals surface area contributed by atoms with Gasteiger partial charge in [-0.05, 0) is 12.1 Å². The maximum Gasteiger partial charge on any atom is 0.273 e. The van der Waals surface area contributed by atoms with Crippen LogP contribution >= 0.6 is 11.3 Å².